The van der Waals surface area contributed by atoms with E-state index in [2.05, 4.69) is 39.5 Å². The number of amides is 1. The summed E-state index contributed by atoms with van der Waals surface area (Å²) in [5, 5.41) is 12.8. The minimum Gasteiger partial charge on any atom is -0.336 e. The predicted octanol–water partition coefficient (Wildman–Crippen LogP) is 1.79. The van der Waals surface area contributed by atoms with E-state index < -0.39 is 0 Å². The zero-order chi connectivity index (χ0) is 19.0. The van der Waals surface area contributed by atoms with E-state index in [1.54, 1.807) is 12.4 Å². The van der Waals surface area contributed by atoms with Crippen molar-refractivity contribution in [2.75, 3.05) is 27.2 Å². The van der Waals surface area contributed by atoms with Gasteiger partial charge in [0, 0.05) is 25.5 Å². The van der Waals surface area contributed by atoms with Gasteiger partial charge in [-0.2, -0.15) is 0 Å². The van der Waals surface area contributed by atoms with Crippen LogP contribution in [-0.4, -0.2) is 68.1 Å². The third kappa shape index (κ3) is 3.12. The zero-order valence-corrected chi connectivity index (χ0v) is 16.3. The lowest BCUT2D eigenvalue weighted by atomic mass is 9.95. The van der Waals surface area contributed by atoms with E-state index in [-0.39, 0.29) is 11.4 Å². The molecule has 8 nitrogen and oxygen atoms in total. The smallest absolute Gasteiger partial charge is 0.255 e. The van der Waals surface area contributed by atoms with Gasteiger partial charge in [0.2, 0.25) is 0 Å². The second kappa shape index (κ2) is 6.99. The molecule has 1 unspecified atom stereocenters. The van der Waals surface area contributed by atoms with Crippen molar-refractivity contribution in [3.8, 4) is 0 Å². The number of hydrogen-bond donors (Lipinski definition) is 0. The van der Waals surface area contributed by atoms with Crippen LogP contribution in [0.4, 0.5) is 0 Å². The van der Waals surface area contributed by atoms with Crippen LogP contribution in [0.3, 0.4) is 0 Å². The molecule has 0 bridgehead atoms. The summed E-state index contributed by atoms with van der Waals surface area (Å²) in [7, 11) is 4.10. The fourth-order valence-corrected chi connectivity index (χ4v) is 4.46. The van der Waals surface area contributed by atoms with Crippen LogP contribution in [-0.2, 0) is 5.54 Å². The molecular formula is C19H27N7O. The van der Waals surface area contributed by atoms with Crippen molar-refractivity contribution in [3.05, 3.63) is 35.4 Å². The summed E-state index contributed by atoms with van der Waals surface area (Å²) in [5.74, 6) is 0.909. The first-order chi connectivity index (χ1) is 13.0. The first-order valence-electron chi connectivity index (χ1n) is 9.68. The Hall–Kier alpha value is -2.35. The average Bonchev–Trinajstić information content (AvgIpc) is 3.39. The van der Waals surface area contributed by atoms with E-state index in [9.17, 15) is 4.79 Å². The van der Waals surface area contributed by atoms with Gasteiger partial charge < -0.3 is 4.90 Å². The third-order valence-electron chi connectivity index (χ3n) is 6.09. The third-order valence-corrected chi connectivity index (χ3v) is 6.09. The van der Waals surface area contributed by atoms with E-state index in [1.807, 2.05) is 22.6 Å². The molecule has 2 fully saturated rings. The molecule has 0 radical (unpaired) electrons. The number of carbonyl (C=O) groups is 1. The van der Waals surface area contributed by atoms with Crippen LogP contribution in [0.5, 0.6) is 0 Å². The Morgan fingerprint density at radius 1 is 1.26 bits per heavy atom. The maximum Gasteiger partial charge on any atom is 0.255 e. The molecule has 4 rings (SSSR count). The van der Waals surface area contributed by atoms with Crippen LogP contribution in [0, 0.1) is 6.92 Å². The van der Waals surface area contributed by atoms with Gasteiger partial charge in [0.15, 0.2) is 5.82 Å². The summed E-state index contributed by atoms with van der Waals surface area (Å²) in [6, 6.07) is 2.27. The molecule has 8 heteroatoms. The van der Waals surface area contributed by atoms with Crippen molar-refractivity contribution >= 4 is 5.91 Å². The van der Waals surface area contributed by atoms with Crippen LogP contribution in [0.1, 0.15) is 59.9 Å². The van der Waals surface area contributed by atoms with Crippen molar-refractivity contribution in [1.82, 2.24) is 35.0 Å². The lowest BCUT2D eigenvalue weighted by Crippen LogP contribution is -2.47. The van der Waals surface area contributed by atoms with Gasteiger partial charge in [-0.3, -0.25) is 14.7 Å². The number of nitrogens with zero attached hydrogens (tertiary/aromatic N) is 7. The van der Waals surface area contributed by atoms with Crippen LogP contribution in [0.15, 0.2) is 18.5 Å². The SMILES string of the molecule is Cc1cncc(C(=O)N2CCC(c3nnnn3C3CCCC3)(N(C)C)C2)c1. The number of likely N-dealkylation sites (tertiary alicyclic amines) is 1. The second-order valence-electron chi connectivity index (χ2n) is 8.04. The Bertz CT molecular complexity index is 827. The Morgan fingerprint density at radius 2 is 2.04 bits per heavy atom. The Labute approximate surface area is 159 Å². The second-order valence-corrected chi connectivity index (χ2v) is 8.04. The van der Waals surface area contributed by atoms with E-state index in [1.165, 1.54) is 12.8 Å². The molecule has 1 amide bonds. The van der Waals surface area contributed by atoms with Gasteiger partial charge in [0.25, 0.3) is 5.91 Å². The molecule has 2 aromatic rings. The monoisotopic (exact) mass is 369 g/mol. The minimum atomic E-state index is -0.362. The lowest BCUT2D eigenvalue weighted by molar-refractivity contribution is 0.0737. The summed E-state index contributed by atoms with van der Waals surface area (Å²) in [4.78, 5) is 21.3. The summed E-state index contributed by atoms with van der Waals surface area (Å²) >= 11 is 0. The standard InChI is InChI=1S/C19H27N7O/c1-14-10-15(12-20-11-14)17(27)25-9-8-19(13-25,24(2)3)18-21-22-23-26(18)16-6-4-5-7-16/h10-12,16H,4-9,13H2,1-3H3. The minimum absolute atomic E-state index is 0.0230. The number of carbonyl (C=O) groups excluding carboxylic acids is 1. The zero-order valence-electron chi connectivity index (χ0n) is 16.3. The quantitative estimate of drug-likeness (QED) is 0.817. The molecular weight excluding hydrogens is 342 g/mol. The van der Waals surface area contributed by atoms with Crippen LogP contribution in [0.25, 0.3) is 0 Å². The van der Waals surface area contributed by atoms with Crippen molar-refractivity contribution in [2.24, 2.45) is 0 Å². The summed E-state index contributed by atoms with van der Waals surface area (Å²) < 4.78 is 2.02. The van der Waals surface area contributed by atoms with E-state index >= 15 is 0 Å². The molecule has 1 aliphatic carbocycles. The van der Waals surface area contributed by atoms with E-state index in [4.69, 9.17) is 0 Å². The van der Waals surface area contributed by atoms with Crippen LogP contribution < -0.4 is 0 Å². The summed E-state index contributed by atoms with van der Waals surface area (Å²) in [6.07, 6.45) is 8.93. The van der Waals surface area contributed by atoms with Crippen molar-refractivity contribution in [1.29, 1.82) is 0 Å². The molecule has 144 valence electrons. The maximum absolute atomic E-state index is 13.0. The Kier molecular flexibility index (Phi) is 4.67. The number of aryl methyl sites for hydroxylation is 1. The highest BCUT2D eigenvalue weighted by atomic mass is 16.2. The van der Waals surface area contributed by atoms with Gasteiger partial charge in [-0.25, -0.2) is 4.68 Å². The molecule has 1 aliphatic heterocycles. The number of tetrazole rings is 1. The summed E-state index contributed by atoms with van der Waals surface area (Å²) in [5.41, 5.74) is 1.27. The predicted molar refractivity (Wildman–Crippen MR) is 100 cm³/mol. The van der Waals surface area contributed by atoms with Gasteiger partial charge >= 0.3 is 0 Å². The number of pyridine rings is 1. The van der Waals surface area contributed by atoms with E-state index in [0.29, 0.717) is 24.7 Å². The number of aromatic nitrogens is 5. The largest absolute Gasteiger partial charge is 0.336 e. The molecule has 1 saturated carbocycles. The Morgan fingerprint density at radius 3 is 2.74 bits per heavy atom. The highest BCUT2D eigenvalue weighted by Crippen LogP contribution is 2.39. The van der Waals surface area contributed by atoms with Gasteiger partial charge in [-0.05, 0) is 62.3 Å². The van der Waals surface area contributed by atoms with Crippen molar-refractivity contribution in [3.63, 3.8) is 0 Å². The molecule has 0 aromatic carbocycles. The highest BCUT2D eigenvalue weighted by molar-refractivity contribution is 5.94. The molecule has 1 atom stereocenters. The Balaban J connectivity index is 1.63. The van der Waals surface area contributed by atoms with Gasteiger partial charge in [-0.1, -0.05) is 12.8 Å². The fraction of sp³-hybridized carbons (Fsp3) is 0.632. The number of rotatable bonds is 4. The highest BCUT2D eigenvalue weighted by Gasteiger charge is 2.48. The molecule has 3 heterocycles. The molecule has 2 aliphatic rings. The number of likely N-dealkylation sites (N-methyl/N-ethyl adjacent to an activating group) is 1. The lowest BCUT2D eigenvalue weighted by Gasteiger charge is -2.35. The van der Waals surface area contributed by atoms with Crippen molar-refractivity contribution in [2.45, 2.75) is 50.6 Å². The van der Waals surface area contributed by atoms with Gasteiger partial charge in [0.1, 0.15) is 5.54 Å². The first-order valence-corrected chi connectivity index (χ1v) is 9.68. The number of hydrogen-bond acceptors (Lipinski definition) is 6. The topological polar surface area (TPSA) is 80.0 Å². The van der Waals surface area contributed by atoms with E-state index in [0.717, 1.165) is 30.7 Å². The average molecular weight is 369 g/mol. The van der Waals surface area contributed by atoms with Gasteiger partial charge in [0.05, 0.1) is 11.6 Å². The van der Waals surface area contributed by atoms with Gasteiger partial charge in [-0.15, -0.1) is 5.10 Å². The first kappa shape index (κ1) is 18.0. The summed E-state index contributed by atoms with van der Waals surface area (Å²) in [6.45, 7) is 3.22. The normalized spacial score (nSPS) is 23.5. The maximum atomic E-state index is 13.0. The molecule has 2 aromatic heterocycles. The molecule has 1 saturated heterocycles. The van der Waals surface area contributed by atoms with Crippen LogP contribution in [0.2, 0.25) is 0 Å². The molecule has 0 N–H and O–H groups in total. The fourth-order valence-electron chi connectivity index (χ4n) is 4.46. The van der Waals surface area contributed by atoms with Crippen LogP contribution >= 0.6 is 0 Å². The van der Waals surface area contributed by atoms with Crippen molar-refractivity contribution < 1.29 is 4.79 Å². The molecule has 27 heavy (non-hydrogen) atoms. The molecule has 0 spiro atoms.